The Kier molecular flexibility index (Phi) is 79.3. The van der Waals surface area contributed by atoms with Crippen molar-refractivity contribution in [3.63, 3.8) is 0 Å². The fourth-order valence-corrected chi connectivity index (χ4v) is 1.16. The van der Waals surface area contributed by atoms with Crippen LogP contribution < -0.4 is 0 Å². The third-order valence-corrected chi connectivity index (χ3v) is 2.11. The van der Waals surface area contributed by atoms with Gasteiger partial charge < -0.3 is 0 Å². The van der Waals surface area contributed by atoms with Gasteiger partial charge in [0.15, 0.2) is 0 Å². The second-order valence-corrected chi connectivity index (χ2v) is 27.9. The Balaban J connectivity index is -0.0000000448. The Morgan fingerprint density at radius 3 is 0.333 bits per heavy atom. The van der Waals surface area contributed by atoms with Crippen LogP contribution in [-0.4, -0.2) is 29.9 Å². The molecule has 6 heteroatoms. The first-order valence-electron chi connectivity index (χ1n) is 23.1. The minimum Gasteiger partial charge on any atom is -0.265 e. The van der Waals surface area contributed by atoms with Gasteiger partial charge in [0.25, 0.3) is 0 Å². The van der Waals surface area contributed by atoms with Crippen LogP contribution in [0.1, 0.15) is 259 Å². The van der Waals surface area contributed by atoms with Crippen LogP contribution in [0.15, 0.2) is 111 Å². The smallest absolute Gasteiger partial charge is 0.119 e. The van der Waals surface area contributed by atoms with Crippen molar-refractivity contribution in [3.05, 3.63) is 111 Å². The largest absolute Gasteiger partial charge is 0.265 e. The average Bonchev–Trinajstić information content (AvgIpc) is 3.03. The van der Waals surface area contributed by atoms with Gasteiger partial charge in [-0.1, -0.05) is 301 Å². The summed E-state index contributed by atoms with van der Waals surface area (Å²) in [5, 5.41) is 0. The van der Waals surface area contributed by atoms with Crippen LogP contribution in [0.4, 0.5) is 0 Å². The summed E-state index contributed by atoms with van der Waals surface area (Å²) in [6.45, 7) is 70.0. The minimum atomic E-state index is 0. The van der Waals surface area contributed by atoms with Gasteiger partial charge in [0, 0.05) is 24.8 Å². The predicted molar refractivity (Wildman–Crippen MR) is 327 cm³/mol. The highest BCUT2D eigenvalue weighted by molar-refractivity contribution is 4.99. The van der Waals surface area contributed by atoms with E-state index in [-0.39, 0.29) is 37.1 Å². The summed E-state index contributed by atoms with van der Waals surface area (Å²) >= 11 is 0. The van der Waals surface area contributed by atoms with E-state index >= 15 is 0 Å². The van der Waals surface area contributed by atoms with Gasteiger partial charge in [-0.3, -0.25) is 4.98 Å². The molecule has 4 rings (SSSR count). The van der Waals surface area contributed by atoms with Gasteiger partial charge in [-0.15, -0.1) is 0 Å². The molecular weight excluding hydrogens is 841 g/mol. The van der Waals surface area contributed by atoms with Crippen LogP contribution in [0.25, 0.3) is 0 Å². The van der Waals surface area contributed by atoms with Gasteiger partial charge in [-0.25, -0.2) is 24.9 Å². The molecule has 6 nitrogen and oxygen atoms in total. The average molecular weight is 976 g/mol. The van der Waals surface area contributed by atoms with Gasteiger partial charge in [0.05, 0.1) is 0 Å². The standard InChI is InChI=1S/C6H6.C5H5N.8C5H12.C4H4N2.C3H3N3.5CH4/c2*1-2-4-6-5-3-1;8*1-5(2,3)4;1-2-5-4-6-3-1;1-4-2-6-3-5-1;;;;;/h1-6H;1-5H;8*1-4H3;1-4H;1-3H;5*1H4. The first kappa shape index (κ1) is 98.8. The van der Waals surface area contributed by atoms with Crippen LogP contribution in [0.2, 0.25) is 0 Å². The van der Waals surface area contributed by atoms with Gasteiger partial charge in [-0.2, -0.15) is 0 Å². The Bertz CT molecular complexity index is 930. The van der Waals surface area contributed by atoms with Crippen LogP contribution in [0, 0.1) is 43.3 Å². The van der Waals surface area contributed by atoms with Gasteiger partial charge in [-0.05, 0) is 61.5 Å². The molecule has 1 aromatic carbocycles. The molecule has 0 saturated carbocycles. The number of nitrogens with zero attached hydrogens (tertiary/aromatic N) is 6. The van der Waals surface area contributed by atoms with Crippen molar-refractivity contribution in [2.24, 2.45) is 43.3 Å². The van der Waals surface area contributed by atoms with Crippen LogP contribution in [0.5, 0.6) is 0 Å². The summed E-state index contributed by atoms with van der Waals surface area (Å²) in [5.41, 5.74) is 4.00. The van der Waals surface area contributed by atoms with E-state index in [0.717, 1.165) is 0 Å². The maximum Gasteiger partial charge on any atom is 0.119 e. The quantitative estimate of drug-likeness (QED) is 0.175. The monoisotopic (exact) mass is 975 g/mol. The molecule has 0 spiro atoms. The lowest BCUT2D eigenvalue weighted by atomic mass is 10.0. The van der Waals surface area contributed by atoms with Crippen molar-refractivity contribution in [1.29, 1.82) is 0 Å². The summed E-state index contributed by atoms with van der Waals surface area (Å²) < 4.78 is 0. The highest BCUT2D eigenvalue weighted by Crippen LogP contribution is 2.11. The normalized spacial score (nSPS) is 9.74. The van der Waals surface area contributed by atoms with E-state index < -0.39 is 0 Å². The second-order valence-electron chi connectivity index (χ2n) is 27.9. The number of pyridine rings is 1. The molecule has 69 heavy (non-hydrogen) atoms. The number of hydrogen-bond donors (Lipinski definition) is 0. The number of benzene rings is 1. The van der Waals surface area contributed by atoms with Gasteiger partial charge in [0.2, 0.25) is 0 Å². The molecule has 0 aliphatic rings. The Hall–Kier alpha value is -3.54. The maximum atomic E-state index is 3.78. The van der Waals surface area contributed by atoms with E-state index in [4.69, 9.17) is 0 Å². The molecule has 3 aromatic heterocycles. The highest BCUT2D eigenvalue weighted by atomic mass is 14.9. The lowest BCUT2D eigenvalue weighted by Gasteiger charge is -2.05. The van der Waals surface area contributed by atoms with Gasteiger partial charge >= 0.3 is 0 Å². The summed E-state index contributed by atoms with van der Waals surface area (Å²) in [6.07, 6.45) is 12.7. The molecule has 3 heterocycles. The molecule has 416 valence electrons. The van der Waals surface area contributed by atoms with Crippen LogP contribution in [-0.2, 0) is 0 Å². The molecule has 0 atom stereocenters. The molecule has 0 fully saturated rings. The predicted octanol–water partition coefficient (Wildman–Crippen LogP) is 22.7. The first-order valence-corrected chi connectivity index (χ1v) is 23.1. The van der Waals surface area contributed by atoms with E-state index in [1.54, 1.807) is 30.9 Å². The summed E-state index contributed by atoms with van der Waals surface area (Å²) in [6, 6.07) is 19.5. The van der Waals surface area contributed by atoms with Gasteiger partial charge in [0.1, 0.15) is 25.3 Å². The van der Waals surface area contributed by atoms with Crippen LogP contribution >= 0.6 is 0 Å². The molecule has 0 radical (unpaired) electrons. The van der Waals surface area contributed by atoms with Crippen molar-refractivity contribution in [2.45, 2.75) is 259 Å². The number of aromatic nitrogens is 6. The highest BCUT2D eigenvalue weighted by Gasteiger charge is 1.98. The molecule has 0 saturated heterocycles. The molecule has 0 aliphatic carbocycles. The van der Waals surface area contributed by atoms with E-state index in [2.05, 4.69) is 251 Å². The van der Waals surface area contributed by atoms with E-state index in [1.165, 1.54) is 25.3 Å². The minimum absolute atomic E-state index is 0. The first-order chi connectivity index (χ1) is 28.0. The summed E-state index contributed by atoms with van der Waals surface area (Å²) in [4.78, 5) is 21.8. The van der Waals surface area contributed by atoms with Crippen molar-refractivity contribution < 1.29 is 0 Å². The SMILES string of the molecule is C.C.C.C.C.CC(C)(C)C.CC(C)(C)C.CC(C)(C)C.CC(C)(C)C.CC(C)(C)C.CC(C)(C)C.CC(C)(C)C.CC(C)(C)C.c1ccccc1.c1ccncc1.c1cncnc1.c1ncncn1. The zero-order valence-corrected chi connectivity index (χ0v) is 49.1. The number of hydrogen-bond acceptors (Lipinski definition) is 6. The molecule has 0 amide bonds. The molecule has 4 aromatic rings. The molecule has 0 N–H and O–H groups in total. The maximum absolute atomic E-state index is 3.78. The zero-order chi connectivity index (χ0) is 53.0. The second kappa shape index (κ2) is 55.4. The number of rotatable bonds is 0. The Morgan fingerprint density at radius 1 is 0.159 bits per heavy atom. The Morgan fingerprint density at radius 2 is 0.275 bits per heavy atom. The summed E-state index contributed by atoms with van der Waals surface area (Å²) in [7, 11) is 0. The Labute approximate surface area is 440 Å². The molecular formula is C63H134N6. The molecule has 0 bridgehead atoms. The van der Waals surface area contributed by atoms with Crippen molar-refractivity contribution in [1.82, 2.24) is 29.9 Å². The van der Waals surface area contributed by atoms with E-state index in [9.17, 15) is 0 Å². The topological polar surface area (TPSA) is 77.3 Å². The zero-order valence-electron chi connectivity index (χ0n) is 49.1. The molecule has 0 unspecified atom stereocenters. The fourth-order valence-electron chi connectivity index (χ4n) is 1.16. The van der Waals surface area contributed by atoms with Crippen molar-refractivity contribution in [3.8, 4) is 0 Å². The van der Waals surface area contributed by atoms with E-state index in [0.29, 0.717) is 43.3 Å². The van der Waals surface area contributed by atoms with Crippen molar-refractivity contribution >= 4 is 0 Å². The lowest BCUT2D eigenvalue weighted by Crippen LogP contribution is -1.93. The third-order valence-electron chi connectivity index (χ3n) is 2.11. The molecule has 0 aliphatic heterocycles. The fraction of sp³-hybridized carbons (Fsp3) is 0.714. The lowest BCUT2D eigenvalue weighted by molar-refractivity contribution is 0.469. The summed E-state index contributed by atoms with van der Waals surface area (Å²) in [5.74, 6) is 0. The van der Waals surface area contributed by atoms with Crippen molar-refractivity contribution in [2.75, 3.05) is 0 Å². The van der Waals surface area contributed by atoms with E-state index in [1.807, 2.05) is 54.6 Å². The third kappa shape index (κ3) is 601. The van der Waals surface area contributed by atoms with Crippen LogP contribution in [0.3, 0.4) is 0 Å².